The quantitative estimate of drug-likeness (QED) is 0.694. The number of aromatic nitrogens is 1. The minimum Gasteiger partial charge on any atom is -0.481 e. The third-order valence-electron chi connectivity index (χ3n) is 4.34. The van der Waals surface area contributed by atoms with Gasteiger partial charge in [0, 0.05) is 37.2 Å². The van der Waals surface area contributed by atoms with Crippen LogP contribution in [0.15, 0.2) is 28.6 Å². The zero-order chi connectivity index (χ0) is 19.6. The van der Waals surface area contributed by atoms with Crippen molar-refractivity contribution in [3.05, 3.63) is 34.5 Å². The van der Waals surface area contributed by atoms with E-state index < -0.39 is 26.7 Å². The SMILES string of the molecule is O=C(O)CCC1CCN(c2cc(F)c(S(=O)(=O)Nc3nccs3)cc2Cl)C1. The first-order valence-electron chi connectivity index (χ1n) is 8.14. The zero-order valence-corrected chi connectivity index (χ0v) is 16.5. The Bertz CT molecular complexity index is 937. The molecular weight excluding hydrogens is 417 g/mol. The van der Waals surface area contributed by atoms with Crippen LogP contribution in [-0.4, -0.2) is 37.6 Å². The summed E-state index contributed by atoms with van der Waals surface area (Å²) in [5.41, 5.74) is 0.403. The van der Waals surface area contributed by atoms with Gasteiger partial charge in [-0.3, -0.25) is 9.52 Å². The topological polar surface area (TPSA) is 99.6 Å². The highest BCUT2D eigenvalue weighted by atomic mass is 35.5. The van der Waals surface area contributed by atoms with Crippen molar-refractivity contribution < 1.29 is 22.7 Å². The molecule has 2 N–H and O–H groups in total. The van der Waals surface area contributed by atoms with Gasteiger partial charge in [-0.25, -0.2) is 17.8 Å². The summed E-state index contributed by atoms with van der Waals surface area (Å²) in [4.78, 5) is 15.8. The number of carboxylic acids is 1. The van der Waals surface area contributed by atoms with Gasteiger partial charge in [-0.1, -0.05) is 11.6 Å². The average Bonchev–Trinajstić information content (AvgIpc) is 3.26. The number of hydrogen-bond donors (Lipinski definition) is 2. The maximum Gasteiger partial charge on any atom is 0.303 e. The average molecular weight is 434 g/mol. The minimum absolute atomic E-state index is 0.0835. The lowest BCUT2D eigenvalue weighted by atomic mass is 10.0. The van der Waals surface area contributed by atoms with Crippen LogP contribution in [0, 0.1) is 11.7 Å². The van der Waals surface area contributed by atoms with Crippen molar-refractivity contribution >= 4 is 49.7 Å². The molecule has 1 aromatic carbocycles. The second-order valence-corrected chi connectivity index (χ2v) is 9.16. The summed E-state index contributed by atoms with van der Waals surface area (Å²) in [6.45, 7) is 1.16. The number of rotatable bonds is 7. The van der Waals surface area contributed by atoms with Crippen LogP contribution in [0.5, 0.6) is 0 Å². The Hall–Kier alpha value is -1.91. The van der Waals surface area contributed by atoms with Crippen LogP contribution in [0.3, 0.4) is 0 Å². The number of nitrogens with one attached hydrogen (secondary N) is 1. The second-order valence-electron chi connectivity index (χ2n) is 6.21. The van der Waals surface area contributed by atoms with Gasteiger partial charge < -0.3 is 10.0 Å². The standard InChI is InChI=1S/C16H17ClFN3O4S2/c17-11-7-14(27(24,25)20-16-19-4-6-26-16)12(18)8-13(11)21-5-3-10(9-21)1-2-15(22)23/h4,6-8,10H,1-3,5,9H2,(H,19,20)(H,22,23). The van der Waals surface area contributed by atoms with E-state index in [9.17, 15) is 17.6 Å². The molecule has 11 heteroatoms. The molecule has 2 aromatic rings. The van der Waals surface area contributed by atoms with Gasteiger partial charge in [-0.15, -0.1) is 11.3 Å². The van der Waals surface area contributed by atoms with Crippen molar-refractivity contribution in [2.24, 2.45) is 5.92 Å². The number of nitrogens with zero attached hydrogens (tertiary/aromatic N) is 2. The van der Waals surface area contributed by atoms with E-state index in [0.29, 0.717) is 25.2 Å². The fourth-order valence-electron chi connectivity index (χ4n) is 3.02. The smallest absolute Gasteiger partial charge is 0.303 e. The first-order chi connectivity index (χ1) is 12.8. The highest BCUT2D eigenvalue weighted by molar-refractivity contribution is 7.93. The Kier molecular flexibility index (Phi) is 5.87. The molecule has 0 saturated carbocycles. The molecule has 0 bridgehead atoms. The molecule has 1 unspecified atom stereocenters. The van der Waals surface area contributed by atoms with Gasteiger partial charge in [0.2, 0.25) is 0 Å². The fourth-order valence-corrected chi connectivity index (χ4v) is 5.25. The number of sulfonamides is 1. The predicted molar refractivity (Wildman–Crippen MR) is 102 cm³/mol. The van der Waals surface area contributed by atoms with E-state index in [1.54, 1.807) is 5.38 Å². The molecule has 1 fully saturated rings. The van der Waals surface area contributed by atoms with Gasteiger partial charge in [0.1, 0.15) is 10.7 Å². The van der Waals surface area contributed by atoms with Crippen LogP contribution in [0.4, 0.5) is 15.2 Å². The molecule has 1 aromatic heterocycles. The van der Waals surface area contributed by atoms with Gasteiger partial charge >= 0.3 is 5.97 Å². The third-order valence-corrected chi connectivity index (χ3v) is 6.81. The predicted octanol–water partition coefficient (Wildman–Crippen LogP) is 3.43. The van der Waals surface area contributed by atoms with E-state index in [2.05, 4.69) is 9.71 Å². The largest absolute Gasteiger partial charge is 0.481 e. The Morgan fingerprint density at radius 1 is 1.48 bits per heavy atom. The maximum absolute atomic E-state index is 14.6. The number of thiazole rings is 1. The first-order valence-corrected chi connectivity index (χ1v) is 10.9. The number of benzene rings is 1. The molecule has 1 aliphatic rings. The van der Waals surface area contributed by atoms with Crippen LogP contribution >= 0.6 is 22.9 Å². The Labute approximate surface area is 164 Å². The van der Waals surface area contributed by atoms with E-state index in [-0.39, 0.29) is 22.5 Å². The van der Waals surface area contributed by atoms with E-state index in [1.807, 2.05) is 4.90 Å². The highest BCUT2D eigenvalue weighted by Crippen LogP contribution is 2.35. The van der Waals surface area contributed by atoms with Gasteiger partial charge in [-0.2, -0.15) is 0 Å². The molecule has 27 heavy (non-hydrogen) atoms. The van der Waals surface area contributed by atoms with Crippen molar-refractivity contribution in [2.75, 3.05) is 22.7 Å². The van der Waals surface area contributed by atoms with Crippen LogP contribution in [-0.2, 0) is 14.8 Å². The first kappa shape index (κ1) is 19.8. The Morgan fingerprint density at radius 3 is 2.93 bits per heavy atom. The molecule has 1 aliphatic heterocycles. The molecule has 2 heterocycles. The summed E-state index contributed by atoms with van der Waals surface area (Å²) < 4.78 is 41.6. The normalized spacial score (nSPS) is 17.3. The fraction of sp³-hybridized carbons (Fsp3) is 0.375. The number of anilines is 2. The van der Waals surface area contributed by atoms with E-state index in [4.69, 9.17) is 16.7 Å². The molecule has 0 spiro atoms. The van der Waals surface area contributed by atoms with Crippen LogP contribution in [0.1, 0.15) is 19.3 Å². The van der Waals surface area contributed by atoms with Crippen molar-refractivity contribution in [1.82, 2.24) is 4.98 Å². The zero-order valence-electron chi connectivity index (χ0n) is 14.1. The monoisotopic (exact) mass is 433 g/mol. The van der Waals surface area contributed by atoms with Crippen LogP contribution in [0.25, 0.3) is 0 Å². The minimum atomic E-state index is -4.15. The van der Waals surface area contributed by atoms with E-state index >= 15 is 0 Å². The summed E-state index contributed by atoms with van der Waals surface area (Å²) in [6, 6.07) is 2.20. The summed E-state index contributed by atoms with van der Waals surface area (Å²) in [5.74, 6) is -1.58. The molecular formula is C16H17ClFN3O4S2. The highest BCUT2D eigenvalue weighted by Gasteiger charge is 2.28. The second kappa shape index (κ2) is 7.99. The molecule has 7 nitrogen and oxygen atoms in total. The van der Waals surface area contributed by atoms with Crippen molar-refractivity contribution in [1.29, 1.82) is 0 Å². The molecule has 0 aliphatic carbocycles. The lowest BCUT2D eigenvalue weighted by molar-refractivity contribution is -0.137. The Morgan fingerprint density at radius 2 is 2.26 bits per heavy atom. The summed E-state index contributed by atoms with van der Waals surface area (Å²) >= 11 is 7.31. The molecule has 1 saturated heterocycles. The number of aliphatic carboxylic acids is 1. The van der Waals surface area contributed by atoms with Crippen molar-refractivity contribution in [2.45, 2.75) is 24.2 Å². The molecule has 3 rings (SSSR count). The molecule has 1 atom stereocenters. The summed E-state index contributed by atoms with van der Waals surface area (Å²) in [7, 11) is -4.15. The number of carbonyl (C=O) groups is 1. The molecule has 0 radical (unpaired) electrons. The Balaban J connectivity index is 1.78. The van der Waals surface area contributed by atoms with Gasteiger partial charge in [0.25, 0.3) is 10.0 Å². The van der Waals surface area contributed by atoms with Gasteiger partial charge in [-0.05, 0) is 24.8 Å². The number of carboxylic acid groups (broad SMARTS) is 1. The third kappa shape index (κ3) is 4.69. The number of hydrogen-bond acceptors (Lipinski definition) is 6. The number of halogens is 2. The van der Waals surface area contributed by atoms with E-state index in [1.165, 1.54) is 6.20 Å². The maximum atomic E-state index is 14.6. The van der Waals surface area contributed by atoms with E-state index in [0.717, 1.165) is 29.9 Å². The van der Waals surface area contributed by atoms with Crippen molar-refractivity contribution in [3.8, 4) is 0 Å². The van der Waals surface area contributed by atoms with Crippen LogP contribution < -0.4 is 9.62 Å². The summed E-state index contributed by atoms with van der Waals surface area (Å²) in [5, 5.41) is 10.6. The van der Waals surface area contributed by atoms with Gasteiger partial charge in [0.15, 0.2) is 5.13 Å². The lowest BCUT2D eigenvalue weighted by Gasteiger charge is -2.21. The molecule has 0 amide bonds. The lowest BCUT2D eigenvalue weighted by Crippen LogP contribution is -2.21. The van der Waals surface area contributed by atoms with Crippen LogP contribution in [0.2, 0.25) is 5.02 Å². The van der Waals surface area contributed by atoms with Gasteiger partial charge in [0.05, 0.1) is 10.7 Å². The molecule has 146 valence electrons. The van der Waals surface area contributed by atoms with Crippen molar-refractivity contribution in [3.63, 3.8) is 0 Å². The summed E-state index contributed by atoms with van der Waals surface area (Å²) in [6.07, 6.45) is 2.83.